The summed E-state index contributed by atoms with van der Waals surface area (Å²) in [5.74, 6) is 1.25. The van der Waals surface area contributed by atoms with E-state index in [4.69, 9.17) is 10.00 Å². The zero-order chi connectivity index (χ0) is 28.2. The molecule has 1 aromatic carbocycles. The summed E-state index contributed by atoms with van der Waals surface area (Å²) in [6.45, 7) is 9.93. The van der Waals surface area contributed by atoms with Gasteiger partial charge < -0.3 is 30.9 Å². The number of morpholine rings is 1. The van der Waals surface area contributed by atoms with Gasteiger partial charge in [0, 0.05) is 43.3 Å². The first-order valence-electron chi connectivity index (χ1n) is 13.9. The van der Waals surface area contributed by atoms with E-state index in [9.17, 15) is 4.79 Å². The molecule has 2 aliphatic rings. The number of nitriles is 1. The van der Waals surface area contributed by atoms with Gasteiger partial charge in [-0.3, -0.25) is 4.79 Å². The molecular formula is C29H37N9O2. The van der Waals surface area contributed by atoms with Crippen LogP contribution in [-0.4, -0.2) is 66.8 Å². The van der Waals surface area contributed by atoms with E-state index in [2.05, 4.69) is 41.1 Å². The van der Waals surface area contributed by atoms with Gasteiger partial charge in [0.25, 0.3) is 5.91 Å². The first-order valence-corrected chi connectivity index (χ1v) is 13.9. The van der Waals surface area contributed by atoms with Crippen molar-refractivity contribution < 1.29 is 9.53 Å². The van der Waals surface area contributed by atoms with Gasteiger partial charge in [0.05, 0.1) is 36.9 Å². The van der Waals surface area contributed by atoms with E-state index in [0.717, 1.165) is 64.5 Å². The number of rotatable bonds is 8. The van der Waals surface area contributed by atoms with Gasteiger partial charge in [-0.1, -0.05) is 13.8 Å². The molecule has 2 aliphatic heterocycles. The maximum absolute atomic E-state index is 13.3. The minimum Gasteiger partial charge on any atom is -0.384 e. The third kappa shape index (κ3) is 7.88. The summed E-state index contributed by atoms with van der Waals surface area (Å²) in [6.07, 6.45) is 6.60. The maximum atomic E-state index is 13.3. The molecule has 210 valence electrons. The summed E-state index contributed by atoms with van der Waals surface area (Å²) in [7, 11) is 0. The van der Waals surface area contributed by atoms with Crippen LogP contribution in [0.4, 0.5) is 28.7 Å². The number of nitrogens with one attached hydrogen (secondary N) is 4. The number of anilines is 5. The summed E-state index contributed by atoms with van der Waals surface area (Å²) < 4.78 is 5.43. The van der Waals surface area contributed by atoms with E-state index in [-0.39, 0.29) is 11.6 Å². The highest BCUT2D eigenvalue weighted by Gasteiger charge is 2.18. The van der Waals surface area contributed by atoms with Gasteiger partial charge in [0.15, 0.2) is 5.69 Å². The highest BCUT2D eigenvalue weighted by molar-refractivity contribution is 6.08. The van der Waals surface area contributed by atoms with Crippen molar-refractivity contribution in [1.29, 1.82) is 5.26 Å². The van der Waals surface area contributed by atoms with Crippen molar-refractivity contribution in [1.82, 2.24) is 20.3 Å². The number of carbonyl (C=O) groups excluding carboxylic acids is 1. The van der Waals surface area contributed by atoms with Crippen molar-refractivity contribution in [3.05, 3.63) is 60.2 Å². The Hall–Kier alpha value is -4.27. The molecule has 4 heterocycles. The minimum atomic E-state index is -0.242. The van der Waals surface area contributed by atoms with Gasteiger partial charge in [-0.25, -0.2) is 15.0 Å². The number of pyridine rings is 1. The number of benzene rings is 1. The SMILES string of the molecule is CC.N#Cc1cnc(Nc2cc(NCC3CCNCC3)c(C(=O)Nc3ccc(N4CCOCC4)cc3)cn2)cn1. The molecule has 2 aromatic heterocycles. The van der Waals surface area contributed by atoms with Crippen molar-refractivity contribution in [3.63, 3.8) is 0 Å². The predicted molar refractivity (Wildman–Crippen MR) is 157 cm³/mol. The molecule has 1 amide bonds. The van der Waals surface area contributed by atoms with Crippen LogP contribution in [0.1, 0.15) is 42.7 Å². The molecule has 2 saturated heterocycles. The van der Waals surface area contributed by atoms with Crippen LogP contribution < -0.4 is 26.2 Å². The Labute approximate surface area is 235 Å². The van der Waals surface area contributed by atoms with Gasteiger partial charge in [0.1, 0.15) is 17.7 Å². The Morgan fingerprint density at radius 3 is 2.45 bits per heavy atom. The normalized spacial score (nSPS) is 15.3. The zero-order valence-electron chi connectivity index (χ0n) is 23.1. The van der Waals surface area contributed by atoms with E-state index in [1.54, 1.807) is 12.3 Å². The lowest BCUT2D eigenvalue weighted by atomic mass is 9.98. The number of aromatic nitrogens is 3. The summed E-state index contributed by atoms with van der Waals surface area (Å²) in [4.78, 5) is 28.2. The van der Waals surface area contributed by atoms with Crippen LogP contribution in [0.2, 0.25) is 0 Å². The minimum absolute atomic E-state index is 0.234. The van der Waals surface area contributed by atoms with Crippen LogP contribution >= 0.6 is 0 Å². The molecule has 0 spiro atoms. The molecule has 5 rings (SSSR count). The molecule has 0 atom stereocenters. The summed E-state index contributed by atoms with van der Waals surface area (Å²) in [6, 6.07) is 11.6. The second kappa shape index (κ2) is 14.8. The second-order valence-electron chi connectivity index (χ2n) is 9.31. The van der Waals surface area contributed by atoms with E-state index in [1.807, 2.05) is 44.2 Å². The number of ether oxygens (including phenoxy) is 1. The molecule has 0 unspecified atom stereocenters. The van der Waals surface area contributed by atoms with E-state index in [0.29, 0.717) is 34.5 Å². The van der Waals surface area contributed by atoms with Crippen LogP contribution in [0.25, 0.3) is 0 Å². The van der Waals surface area contributed by atoms with Crippen LogP contribution in [0.15, 0.2) is 48.9 Å². The molecule has 2 fully saturated rings. The highest BCUT2D eigenvalue weighted by Crippen LogP contribution is 2.25. The molecule has 11 nitrogen and oxygen atoms in total. The molecule has 0 aliphatic carbocycles. The van der Waals surface area contributed by atoms with Crippen molar-refractivity contribution in [3.8, 4) is 6.07 Å². The number of piperidine rings is 1. The van der Waals surface area contributed by atoms with Crippen LogP contribution in [0, 0.1) is 17.2 Å². The fourth-order valence-electron chi connectivity index (χ4n) is 4.55. The average molecular weight is 544 g/mol. The third-order valence-corrected chi connectivity index (χ3v) is 6.71. The smallest absolute Gasteiger partial charge is 0.259 e. The first-order chi connectivity index (χ1) is 19.7. The van der Waals surface area contributed by atoms with Crippen molar-refractivity contribution in [2.75, 3.05) is 66.8 Å². The van der Waals surface area contributed by atoms with Gasteiger partial charge in [-0.2, -0.15) is 5.26 Å². The largest absolute Gasteiger partial charge is 0.384 e. The van der Waals surface area contributed by atoms with E-state index < -0.39 is 0 Å². The summed E-state index contributed by atoms with van der Waals surface area (Å²) in [5, 5.41) is 21.9. The molecule has 11 heteroatoms. The lowest BCUT2D eigenvalue weighted by Gasteiger charge is -2.28. The third-order valence-electron chi connectivity index (χ3n) is 6.71. The number of nitrogens with zero attached hydrogens (tertiary/aromatic N) is 5. The Kier molecular flexibility index (Phi) is 10.6. The van der Waals surface area contributed by atoms with Crippen LogP contribution in [0.5, 0.6) is 0 Å². The predicted octanol–water partition coefficient (Wildman–Crippen LogP) is 4.01. The standard InChI is InChI=1S/C27H31N9O2.C2H6/c28-14-21-16-32-26(18-30-21)35-25-13-24(31-15-19-5-7-29-8-6-19)23(17-33-25)27(37)34-20-1-3-22(4-2-20)36-9-11-38-12-10-36;1-2/h1-4,13,16-19,29H,5-12,15H2,(H,34,37)(H2,31,32,33,35);1-2H3. The fraction of sp³-hybridized carbons (Fsp3) is 0.414. The van der Waals surface area contributed by atoms with E-state index >= 15 is 0 Å². The molecule has 3 aromatic rings. The summed E-state index contributed by atoms with van der Waals surface area (Å²) >= 11 is 0. The lowest BCUT2D eigenvalue weighted by molar-refractivity contribution is 0.102. The first kappa shape index (κ1) is 28.7. The molecule has 4 N–H and O–H groups in total. The van der Waals surface area contributed by atoms with Gasteiger partial charge in [-0.05, 0) is 56.1 Å². The van der Waals surface area contributed by atoms with Crippen LogP contribution in [0.3, 0.4) is 0 Å². The fourth-order valence-corrected chi connectivity index (χ4v) is 4.55. The Bertz CT molecular complexity index is 1260. The highest BCUT2D eigenvalue weighted by atomic mass is 16.5. The van der Waals surface area contributed by atoms with Crippen molar-refractivity contribution in [2.24, 2.45) is 5.92 Å². The van der Waals surface area contributed by atoms with Crippen LogP contribution in [-0.2, 0) is 4.74 Å². The Balaban J connectivity index is 0.00000181. The zero-order valence-corrected chi connectivity index (χ0v) is 23.1. The lowest BCUT2D eigenvalue weighted by Crippen LogP contribution is -2.36. The number of hydrogen-bond acceptors (Lipinski definition) is 10. The molecule has 0 radical (unpaired) electrons. The Morgan fingerprint density at radius 1 is 1.05 bits per heavy atom. The molecule has 40 heavy (non-hydrogen) atoms. The number of amides is 1. The van der Waals surface area contributed by atoms with Crippen molar-refractivity contribution in [2.45, 2.75) is 26.7 Å². The van der Waals surface area contributed by atoms with Gasteiger partial charge in [0.2, 0.25) is 0 Å². The quantitative estimate of drug-likeness (QED) is 0.329. The summed E-state index contributed by atoms with van der Waals surface area (Å²) in [5.41, 5.74) is 3.19. The second-order valence-corrected chi connectivity index (χ2v) is 9.31. The van der Waals surface area contributed by atoms with Gasteiger partial charge >= 0.3 is 0 Å². The molecular weight excluding hydrogens is 506 g/mol. The maximum Gasteiger partial charge on any atom is 0.259 e. The van der Waals surface area contributed by atoms with E-state index in [1.165, 1.54) is 12.4 Å². The topological polar surface area (TPSA) is 140 Å². The monoisotopic (exact) mass is 543 g/mol. The average Bonchev–Trinajstić information content (AvgIpc) is 3.03. The number of carbonyl (C=O) groups is 1. The van der Waals surface area contributed by atoms with Gasteiger partial charge in [-0.15, -0.1) is 0 Å². The Morgan fingerprint density at radius 2 is 1.77 bits per heavy atom. The molecule has 0 bridgehead atoms. The molecule has 0 saturated carbocycles. The van der Waals surface area contributed by atoms with Crippen molar-refractivity contribution >= 4 is 34.6 Å². The number of hydrogen-bond donors (Lipinski definition) is 4.